The predicted octanol–water partition coefficient (Wildman–Crippen LogP) is 1.66. The van der Waals surface area contributed by atoms with Crippen molar-refractivity contribution in [2.24, 2.45) is 0 Å². The zero-order valence-electron chi connectivity index (χ0n) is 8.02. The highest BCUT2D eigenvalue weighted by Gasteiger charge is 2.35. The zero-order valence-corrected chi connectivity index (χ0v) is 8.83. The lowest BCUT2D eigenvalue weighted by Gasteiger charge is -2.11. The number of thioether (sulfide) groups is 1. The van der Waals surface area contributed by atoms with Gasteiger partial charge >= 0.3 is 0 Å². The van der Waals surface area contributed by atoms with Gasteiger partial charge in [0.1, 0.15) is 5.50 Å². The normalized spacial score (nSPS) is 32.0. The van der Waals surface area contributed by atoms with Gasteiger partial charge in [0.05, 0.1) is 0 Å². The monoisotopic (exact) mass is 206 g/mol. The van der Waals surface area contributed by atoms with Crippen molar-refractivity contribution < 1.29 is 0 Å². The molecule has 2 aliphatic rings. The summed E-state index contributed by atoms with van der Waals surface area (Å²) in [6.07, 6.45) is 0. The van der Waals surface area contributed by atoms with Crippen LogP contribution in [0.25, 0.3) is 0 Å². The van der Waals surface area contributed by atoms with Gasteiger partial charge in [0.25, 0.3) is 0 Å². The summed E-state index contributed by atoms with van der Waals surface area (Å²) < 4.78 is 0. The standard InChI is InChI=1S/C11H14N2S/c1-2-4-9(5-3-1)10-8-13-6-7-14-11(13)12-10/h1-5,10-12H,6-8H2/t10?,11-/m0/s1. The topological polar surface area (TPSA) is 15.3 Å². The van der Waals surface area contributed by atoms with Crippen LogP contribution in [0.1, 0.15) is 11.6 Å². The predicted molar refractivity (Wildman–Crippen MR) is 60.1 cm³/mol. The second-order valence-electron chi connectivity index (χ2n) is 3.85. The van der Waals surface area contributed by atoms with E-state index in [-0.39, 0.29) is 0 Å². The molecule has 0 saturated carbocycles. The van der Waals surface area contributed by atoms with E-state index in [1.807, 2.05) is 11.8 Å². The molecular weight excluding hydrogens is 192 g/mol. The van der Waals surface area contributed by atoms with E-state index in [4.69, 9.17) is 0 Å². The number of hydrogen-bond acceptors (Lipinski definition) is 3. The van der Waals surface area contributed by atoms with Crippen molar-refractivity contribution in [2.75, 3.05) is 18.8 Å². The Morgan fingerprint density at radius 2 is 2.14 bits per heavy atom. The van der Waals surface area contributed by atoms with Crippen molar-refractivity contribution in [3.05, 3.63) is 35.9 Å². The number of nitrogens with one attached hydrogen (secondary N) is 1. The van der Waals surface area contributed by atoms with Crippen LogP contribution in [0.2, 0.25) is 0 Å². The highest BCUT2D eigenvalue weighted by Crippen LogP contribution is 2.31. The van der Waals surface area contributed by atoms with Crippen LogP contribution in [0.4, 0.5) is 0 Å². The van der Waals surface area contributed by atoms with Crippen molar-refractivity contribution in [2.45, 2.75) is 11.5 Å². The molecule has 1 N–H and O–H groups in total. The van der Waals surface area contributed by atoms with Crippen LogP contribution >= 0.6 is 11.8 Å². The highest BCUT2D eigenvalue weighted by molar-refractivity contribution is 8.00. The minimum Gasteiger partial charge on any atom is -0.285 e. The molecule has 2 nitrogen and oxygen atoms in total. The second kappa shape index (κ2) is 3.57. The fourth-order valence-corrected chi connectivity index (χ4v) is 3.42. The molecule has 0 aromatic heterocycles. The quantitative estimate of drug-likeness (QED) is 0.752. The van der Waals surface area contributed by atoms with Gasteiger partial charge in [-0.15, -0.1) is 11.8 Å². The van der Waals surface area contributed by atoms with Crippen LogP contribution in [0.3, 0.4) is 0 Å². The molecule has 2 aliphatic heterocycles. The fourth-order valence-electron chi connectivity index (χ4n) is 2.19. The SMILES string of the molecule is c1ccc(C2CN3CCS[C@H]3N2)cc1. The van der Waals surface area contributed by atoms with E-state index in [1.54, 1.807) is 0 Å². The molecule has 2 fully saturated rings. The Balaban J connectivity index is 1.77. The van der Waals surface area contributed by atoms with Gasteiger partial charge in [-0.2, -0.15) is 0 Å². The number of benzene rings is 1. The molecule has 2 saturated heterocycles. The molecule has 2 heterocycles. The van der Waals surface area contributed by atoms with Gasteiger partial charge in [-0.25, -0.2) is 0 Å². The number of hydrogen-bond donors (Lipinski definition) is 1. The summed E-state index contributed by atoms with van der Waals surface area (Å²) in [5.41, 5.74) is 1.99. The largest absolute Gasteiger partial charge is 0.285 e. The number of rotatable bonds is 1. The van der Waals surface area contributed by atoms with Gasteiger partial charge in [-0.05, 0) is 5.56 Å². The number of nitrogens with zero attached hydrogens (tertiary/aromatic N) is 1. The molecule has 1 aromatic rings. The van der Waals surface area contributed by atoms with Crippen LogP contribution in [0.15, 0.2) is 30.3 Å². The summed E-state index contributed by atoms with van der Waals surface area (Å²) >= 11 is 2.03. The molecule has 3 rings (SSSR count). The molecule has 74 valence electrons. The first-order valence-electron chi connectivity index (χ1n) is 5.10. The first kappa shape index (κ1) is 8.77. The zero-order chi connectivity index (χ0) is 9.38. The lowest BCUT2D eigenvalue weighted by Crippen LogP contribution is -2.27. The Hall–Kier alpha value is -0.510. The van der Waals surface area contributed by atoms with E-state index in [0.717, 1.165) is 0 Å². The van der Waals surface area contributed by atoms with E-state index in [1.165, 1.54) is 24.4 Å². The third-order valence-corrected chi connectivity index (χ3v) is 4.12. The summed E-state index contributed by atoms with van der Waals surface area (Å²) in [7, 11) is 0. The Morgan fingerprint density at radius 3 is 2.93 bits per heavy atom. The smallest absolute Gasteiger partial charge is 0.109 e. The van der Waals surface area contributed by atoms with Gasteiger partial charge in [-0.3, -0.25) is 10.2 Å². The lowest BCUT2D eigenvalue weighted by molar-refractivity contribution is 0.346. The number of fused-ring (bicyclic) bond motifs is 1. The fraction of sp³-hybridized carbons (Fsp3) is 0.455. The van der Waals surface area contributed by atoms with Gasteiger partial charge in [0, 0.05) is 24.9 Å². The Morgan fingerprint density at radius 1 is 1.29 bits per heavy atom. The van der Waals surface area contributed by atoms with Crippen LogP contribution < -0.4 is 5.32 Å². The Bertz CT molecular complexity index is 302. The van der Waals surface area contributed by atoms with E-state index in [2.05, 4.69) is 40.5 Å². The minimum atomic E-state index is 0.536. The van der Waals surface area contributed by atoms with E-state index in [0.29, 0.717) is 11.5 Å². The van der Waals surface area contributed by atoms with Crippen molar-refractivity contribution in [1.29, 1.82) is 0 Å². The average molecular weight is 206 g/mol. The van der Waals surface area contributed by atoms with Gasteiger partial charge in [0.15, 0.2) is 0 Å². The molecule has 1 aromatic carbocycles. The van der Waals surface area contributed by atoms with E-state index < -0.39 is 0 Å². The third-order valence-electron chi connectivity index (χ3n) is 2.95. The van der Waals surface area contributed by atoms with Crippen LogP contribution in [0, 0.1) is 0 Å². The molecule has 0 radical (unpaired) electrons. The Kier molecular flexibility index (Phi) is 2.24. The molecule has 2 atom stereocenters. The Labute approximate surface area is 88.7 Å². The maximum absolute atomic E-state index is 3.66. The first-order valence-corrected chi connectivity index (χ1v) is 6.15. The van der Waals surface area contributed by atoms with Gasteiger partial charge in [0.2, 0.25) is 0 Å². The van der Waals surface area contributed by atoms with E-state index in [9.17, 15) is 0 Å². The van der Waals surface area contributed by atoms with E-state index >= 15 is 0 Å². The molecule has 1 unspecified atom stereocenters. The summed E-state index contributed by atoms with van der Waals surface area (Å²) in [5, 5.41) is 3.66. The molecule has 14 heavy (non-hydrogen) atoms. The van der Waals surface area contributed by atoms with Crippen molar-refractivity contribution in [3.8, 4) is 0 Å². The van der Waals surface area contributed by atoms with Crippen LogP contribution in [0.5, 0.6) is 0 Å². The maximum Gasteiger partial charge on any atom is 0.109 e. The molecule has 0 aliphatic carbocycles. The third kappa shape index (κ3) is 1.45. The van der Waals surface area contributed by atoms with Gasteiger partial charge in [-0.1, -0.05) is 30.3 Å². The molecule has 0 bridgehead atoms. The minimum absolute atomic E-state index is 0.536. The summed E-state index contributed by atoms with van der Waals surface area (Å²) in [5.74, 6) is 1.28. The van der Waals surface area contributed by atoms with Crippen LogP contribution in [-0.4, -0.2) is 29.2 Å². The first-order chi connectivity index (χ1) is 6.93. The second-order valence-corrected chi connectivity index (χ2v) is 5.04. The summed E-state index contributed by atoms with van der Waals surface area (Å²) in [4.78, 5) is 2.53. The molecule has 3 heteroatoms. The molecular formula is C11H14N2S. The summed E-state index contributed by atoms with van der Waals surface area (Å²) in [6.45, 7) is 2.41. The average Bonchev–Trinajstić information content (AvgIpc) is 2.78. The molecule has 0 amide bonds. The lowest BCUT2D eigenvalue weighted by atomic mass is 10.1. The van der Waals surface area contributed by atoms with Crippen molar-refractivity contribution in [1.82, 2.24) is 10.2 Å². The summed E-state index contributed by atoms with van der Waals surface area (Å²) in [6, 6.07) is 11.3. The van der Waals surface area contributed by atoms with Crippen molar-refractivity contribution >= 4 is 11.8 Å². The molecule has 0 spiro atoms. The van der Waals surface area contributed by atoms with Crippen molar-refractivity contribution in [3.63, 3.8) is 0 Å². The van der Waals surface area contributed by atoms with Crippen LogP contribution in [-0.2, 0) is 0 Å². The van der Waals surface area contributed by atoms with Gasteiger partial charge < -0.3 is 0 Å². The highest BCUT2D eigenvalue weighted by atomic mass is 32.2. The maximum atomic E-state index is 3.66.